The van der Waals surface area contributed by atoms with Crippen molar-refractivity contribution in [3.05, 3.63) is 57.7 Å². The fourth-order valence-corrected chi connectivity index (χ4v) is 5.09. The Morgan fingerprint density at radius 1 is 0.795 bits per heavy atom. The summed E-state index contributed by atoms with van der Waals surface area (Å²) in [4.78, 5) is 13.4. The zero-order valence-corrected chi connectivity index (χ0v) is 20.2. The van der Waals surface area contributed by atoms with E-state index in [2.05, 4.69) is 0 Å². The third-order valence-corrected chi connectivity index (χ3v) is 7.21. The summed E-state index contributed by atoms with van der Waals surface area (Å²) in [6.07, 6.45) is -15.4. The average Bonchev–Trinajstić information content (AvgIpc) is 2.93. The smallest absolute Gasteiger partial charge is 0.197 e. The second-order valence-electron chi connectivity index (χ2n) is 9.62. The van der Waals surface area contributed by atoms with E-state index in [1.807, 2.05) is 0 Å². The molecule has 13 heteroatoms. The van der Waals surface area contributed by atoms with Gasteiger partial charge in [-0.05, 0) is 0 Å². The van der Waals surface area contributed by atoms with Crippen LogP contribution < -0.4 is 5.43 Å². The summed E-state index contributed by atoms with van der Waals surface area (Å²) in [5.41, 5.74) is -1.79. The number of phenolic OH excluding ortho intramolecular Hbond substituents is 2. The van der Waals surface area contributed by atoms with Gasteiger partial charge in [-0.1, -0.05) is 30.3 Å². The van der Waals surface area contributed by atoms with E-state index >= 15 is 0 Å². The van der Waals surface area contributed by atoms with Crippen molar-refractivity contribution in [3.63, 3.8) is 0 Å². The molecular weight excluding hydrogens is 520 g/mol. The number of aromatic hydroxyl groups is 2. The van der Waals surface area contributed by atoms with Crippen LogP contribution >= 0.6 is 0 Å². The van der Waals surface area contributed by atoms with Gasteiger partial charge in [-0.3, -0.25) is 4.79 Å². The summed E-state index contributed by atoms with van der Waals surface area (Å²) in [5, 5.41) is 94.0. The van der Waals surface area contributed by atoms with E-state index in [1.54, 1.807) is 30.3 Å². The summed E-state index contributed by atoms with van der Waals surface area (Å²) in [6, 6.07) is 9.45. The topological polar surface area (TPSA) is 231 Å². The van der Waals surface area contributed by atoms with E-state index < -0.39 is 107 Å². The van der Waals surface area contributed by atoms with Gasteiger partial charge in [0.25, 0.3) is 0 Å². The van der Waals surface area contributed by atoms with Gasteiger partial charge in [-0.25, -0.2) is 0 Å². The van der Waals surface area contributed by atoms with E-state index in [-0.39, 0.29) is 5.76 Å². The van der Waals surface area contributed by atoms with Crippen LogP contribution in [0.3, 0.4) is 0 Å². The summed E-state index contributed by atoms with van der Waals surface area (Å²) >= 11 is 0. The molecule has 0 spiro atoms. The summed E-state index contributed by atoms with van der Waals surface area (Å²) in [5.74, 6) is -1.75. The predicted molar refractivity (Wildman–Crippen MR) is 131 cm³/mol. The minimum atomic E-state index is -1.95. The Morgan fingerprint density at radius 2 is 1.46 bits per heavy atom. The molecule has 1 aromatic heterocycles. The van der Waals surface area contributed by atoms with Gasteiger partial charge in [0, 0.05) is 11.6 Å². The fourth-order valence-electron chi connectivity index (χ4n) is 5.09. The maximum absolute atomic E-state index is 13.4. The van der Waals surface area contributed by atoms with Crippen LogP contribution in [0.1, 0.15) is 23.3 Å². The Morgan fingerprint density at radius 3 is 2.13 bits per heavy atom. The molecule has 0 radical (unpaired) electrons. The van der Waals surface area contributed by atoms with Gasteiger partial charge >= 0.3 is 0 Å². The quantitative estimate of drug-likeness (QED) is 0.182. The molecule has 0 aliphatic carbocycles. The Hall–Kier alpha value is -3.11. The number of hydrogen-bond acceptors (Lipinski definition) is 13. The van der Waals surface area contributed by atoms with Crippen molar-refractivity contribution in [1.82, 2.24) is 0 Å². The highest BCUT2D eigenvalue weighted by molar-refractivity contribution is 5.91. The maximum Gasteiger partial charge on any atom is 0.197 e. The molecule has 0 unspecified atom stereocenters. The summed E-state index contributed by atoms with van der Waals surface area (Å²) in [7, 11) is 0. The van der Waals surface area contributed by atoms with Gasteiger partial charge in [0.1, 0.15) is 77.6 Å². The molecule has 2 saturated heterocycles. The lowest BCUT2D eigenvalue weighted by molar-refractivity contribution is -0.232. The number of fused-ring (bicyclic) bond motifs is 1. The summed E-state index contributed by atoms with van der Waals surface area (Å²) in [6.45, 7) is -1.29. The molecule has 2 aliphatic rings. The Kier molecular flexibility index (Phi) is 7.37. The minimum Gasteiger partial charge on any atom is -0.507 e. The van der Waals surface area contributed by atoms with Crippen molar-refractivity contribution in [3.8, 4) is 22.8 Å². The van der Waals surface area contributed by atoms with Crippen LogP contribution in [0, 0.1) is 0 Å². The van der Waals surface area contributed by atoms with Crippen molar-refractivity contribution in [2.24, 2.45) is 0 Å². The number of benzene rings is 2. The highest BCUT2D eigenvalue weighted by Gasteiger charge is 2.48. The molecular formula is C26H28O13. The molecule has 0 saturated carbocycles. The first kappa shape index (κ1) is 27.5. The maximum atomic E-state index is 13.4. The molecule has 0 bridgehead atoms. The Balaban J connectivity index is 1.80. The highest BCUT2D eigenvalue weighted by Crippen LogP contribution is 2.50. The molecule has 9 N–H and O–H groups in total. The van der Waals surface area contributed by atoms with E-state index in [1.165, 1.54) is 0 Å². The lowest BCUT2D eigenvalue weighted by Crippen LogP contribution is -2.55. The van der Waals surface area contributed by atoms with Crippen LogP contribution in [-0.2, 0) is 9.47 Å². The van der Waals surface area contributed by atoms with E-state index in [0.717, 1.165) is 6.07 Å². The van der Waals surface area contributed by atoms with Gasteiger partial charge in [-0.2, -0.15) is 0 Å². The molecule has 210 valence electrons. The second-order valence-corrected chi connectivity index (χ2v) is 9.62. The number of aliphatic hydroxyl groups excluding tert-OH is 7. The third kappa shape index (κ3) is 4.47. The monoisotopic (exact) mass is 548 g/mol. The lowest BCUT2D eigenvalue weighted by atomic mass is 9.85. The first-order valence-corrected chi connectivity index (χ1v) is 12.1. The highest BCUT2D eigenvalue weighted by atomic mass is 16.5. The first-order valence-electron chi connectivity index (χ1n) is 12.1. The van der Waals surface area contributed by atoms with E-state index in [4.69, 9.17) is 13.9 Å². The molecule has 2 aromatic carbocycles. The van der Waals surface area contributed by atoms with Crippen LogP contribution in [0.5, 0.6) is 11.5 Å². The van der Waals surface area contributed by atoms with Gasteiger partial charge in [0.2, 0.25) is 0 Å². The SMILES string of the molecule is O=c1cc(-c2ccccc2)oc2c([C@@H]3OC[C@H](O)[C@H](O)[C@@H]3O)c(O)c([C@@H]3O[C@H](CO)[C@H](O)[C@H](O)[C@H]3O)c(O)c12. The van der Waals surface area contributed by atoms with Crippen molar-refractivity contribution in [1.29, 1.82) is 0 Å². The molecule has 2 aliphatic heterocycles. The van der Waals surface area contributed by atoms with Gasteiger partial charge in [0.15, 0.2) is 11.0 Å². The van der Waals surface area contributed by atoms with Crippen LogP contribution in [0.2, 0.25) is 0 Å². The van der Waals surface area contributed by atoms with Gasteiger partial charge in [0.05, 0.1) is 24.3 Å². The Labute approximate surface area is 220 Å². The van der Waals surface area contributed by atoms with Crippen molar-refractivity contribution < 1.29 is 59.8 Å². The summed E-state index contributed by atoms with van der Waals surface area (Å²) < 4.78 is 17.0. The van der Waals surface area contributed by atoms with Crippen LogP contribution in [0.4, 0.5) is 0 Å². The minimum absolute atomic E-state index is 0.0274. The van der Waals surface area contributed by atoms with Crippen LogP contribution in [0.15, 0.2) is 45.6 Å². The molecule has 3 aromatic rings. The molecule has 9 atom stereocenters. The zero-order chi connectivity index (χ0) is 28.2. The van der Waals surface area contributed by atoms with Gasteiger partial charge in [-0.15, -0.1) is 0 Å². The number of phenols is 2. The molecule has 0 amide bonds. The van der Waals surface area contributed by atoms with Crippen LogP contribution in [0.25, 0.3) is 22.3 Å². The first-order chi connectivity index (χ1) is 18.6. The third-order valence-electron chi connectivity index (χ3n) is 7.21. The normalized spacial score (nSPS) is 33.4. The van der Waals surface area contributed by atoms with Gasteiger partial charge < -0.3 is 59.8 Å². The van der Waals surface area contributed by atoms with Crippen molar-refractivity contribution in [2.45, 2.75) is 54.9 Å². The molecule has 2 fully saturated rings. The number of hydrogen-bond donors (Lipinski definition) is 9. The zero-order valence-electron chi connectivity index (χ0n) is 20.2. The number of ether oxygens (including phenoxy) is 2. The number of aliphatic hydroxyl groups is 7. The molecule has 39 heavy (non-hydrogen) atoms. The van der Waals surface area contributed by atoms with E-state index in [0.29, 0.717) is 5.56 Å². The largest absolute Gasteiger partial charge is 0.507 e. The molecule has 13 nitrogen and oxygen atoms in total. The van der Waals surface area contributed by atoms with Crippen molar-refractivity contribution >= 4 is 11.0 Å². The predicted octanol–water partition coefficient (Wildman–Crippen LogP) is -1.46. The van der Waals surface area contributed by atoms with Crippen molar-refractivity contribution in [2.75, 3.05) is 13.2 Å². The molecule has 5 rings (SSSR count). The Bertz CT molecular complexity index is 1400. The number of rotatable bonds is 4. The second kappa shape index (κ2) is 10.5. The molecule has 3 heterocycles. The van der Waals surface area contributed by atoms with E-state index in [9.17, 15) is 50.8 Å². The standard InChI is InChI=1S/C26H28O13/c27-7-13-18(31)21(34)23(36)26(39-13)15-19(32)14-10(28)6-12(9-4-2-1-3-5-9)38-24(14)16(20(15)33)25-22(35)17(30)11(29)8-37-25/h1-6,11,13,17-18,21-23,25-27,29-36H,7-8H2/t11-,13+,17-,18-,21-,22-,23+,25-,26-/m0/s1. The van der Waals surface area contributed by atoms with Crippen LogP contribution in [-0.4, -0.2) is 102 Å². The lowest BCUT2D eigenvalue weighted by Gasteiger charge is -2.41. The average molecular weight is 548 g/mol. The fraction of sp³-hybridized carbons (Fsp3) is 0.423.